The molecule has 14 heteroatoms. The molecule has 3 aromatic carbocycles. The van der Waals surface area contributed by atoms with Crippen LogP contribution in [0.25, 0.3) is 5.57 Å². The van der Waals surface area contributed by atoms with Gasteiger partial charge in [-0.15, -0.1) is 0 Å². The van der Waals surface area contributed by atoms with E-state index in [0.717, 1.165) is 22.4 Å². The predicted molar refractivity (Wildman–Crippen MR) is 174 cm³/mol. The average Bonchev–Trinajstić information content (AvgIpc) is 3.02. The molecule has 3 N–H and O–H groups in total. The Morgan fingerprint density at radius 3 is 1.67 bits per heavy atom. The zero-order valence-corrected chi connectivity index (χ0v) is 26.9. The number of rotatable bonds is 8. The van der Waals surface area contributed by atoms with Crippen LogP contribution in [0.15, 0.2) is 124 Å². The van der Waals surface area contributed by atoms with Crippen molar-refractivity contribution in [2.75, 3.05) is 6.54 Å². The molecule has 0 bridgehead atoms. The van der Waals surface area contributed by atoms with Gasteiger partial charge < -0.3 is 0 Å². The van der Waals surface area contributed by atoms with Crippen molar-refractivity contribution in [1.29, 1.82) is 0 Å². The Hall–Kier alpha value is -4.31. The molecule has 0 radical (unpaired) electrons. The van der Waals surface area contributed by atoms with Crippen molar-refractivity contribution in [2.45, 2.75) is 29.6 Å². The molecule has 0 amide bonds. The highest BCUT2D eigenvalue weighted by Gasteiger charge is 2.24. The average molecular weight is 683 g/mol. The van der Waals surface area contributed by atoms with Crippen LogP contribution in [0.5, 0.6) is 0 Å². The van der Waals surface area contributed by atoms with Crippen molar-refractivity contribution in [2.24, 2.45) is 0 Å². The number of nitrogens with zero attached hydrogens (tertiary/aromatic N) is 2. The van der Waals surface area contributed by atoms with Gasteiger partial charge in [-0.3, -0.25) is 13.7 Å². The Bertz CT molecular complexity index is 2190. The molecule has 11 nitrogen and oxygen atoms in total. The van der Waals surface area contributed by atoms with Crippen LogP contribution in [0.3, 0.4) is 0 Å². The molecule has 0 saturated heterocycles. The van der Waals surface area contributed by atoms with E-state index in [2.05, 4.69) is 0 Å². The molecule has 3 aromatic rings. The van der Waals surface area contributed by atoms with Gasteiger partial charge in [0.05, 0.1) is 9.79 Å². The lowest BCUT2D eigenvalue weighted by Crippen LogP contribution is -2.15. The minimum Gasteiger partial charge on any atom is -0.282 e. The smallest absolute Gasteiger partial charge is 0.282 e. The maximum atomic E-state index is 11.7. The van der Waals surface area contributed by atoms with Crippen LogP contribution in [0.1, 0.15) is 30.9 Å². The van der Waals surface area contributed by atoms with Gasteiger partial charge in [-0.2, -0.15) is 34.4 Å². The number of allylic oxidation sites excluding steroid dienone is 6. The number of benzene rings is 3. The van der Waals surface area contributed by atoms with Gasteiger partial charge in [0.15, 0.2) is 12.4 Å². The van der Waals surface area contributed by atoms with Gasteiger partial charge in [0.1, 0.15) is 11.4 Å². The third kappa shape index (κ3) is 7.39. The first-order chi connectivity index (χ1) is 21.6. The molecule has 1 heterocycles. The fourth-order valence-electron chi connectivity index (χ4n) is 5.21. The summed E-state index contributed by atoms with van der Waals surface area (Å²) in [7, 11) is -13.0. The van der Waals surface area contributed by atoms with Crippen LogP contribution >= 0.6 is 0 Å². The SMILES string of the molecule is CC[N+](=C1C=CC(=C(c2ccc([N+]3=CCCC(S(=O)(=O)O)=C3)cc2)c2ccc(S(=O)(=O)O)cc2)C=C1)c1ccc(S(=O)(=O)O)cc1. The topological polar surface area (TPSA) is 169 Å². The fraction of sp³-hybridized carbons (Fsp3) is 0.125. The van der Waals surface area contributed by atoms with Crippen LogP contribution in [0.4, 0.5) is 11.4 Å². The second-order valence-corrected chi connectivity index (χ2v) is 14.7. The van der Waals surface area contributed by atoms with Gasteiger partial charge >= 0.3 is 0 Å². The molecule has 2 aliphatic rings. The largest absolute Gasteiger partial charge is 0.296 e. The molecule has 0 spiro atoms. The van der Waals surface area contributed by atoms with Crippen molar-refractivity contribution in [3.8, 4) is 0 Å². The Kier molecular flexibility index (Phi) is 9.22. The molecule has 5 rings (SSSR count). The Morgan fingerprint density at radius 2 is 1.20 bits per heavy atom. The lowest BCUT2D eigenvalue weighted by molar-refractivity contribution is -0.434. The molecule has 0 saturated carbocycles. The minimum atomic E-state index is -4.40. The summed E-state index contributed by atoms with van der Waals surface area (Å²) in [5.74, 6) is 0. The summed E-state index contributed by atoms with van der Waals surface area (Å²) in [6.45, 7) is 2.50. The van der Waals surface area contributed by atoms with E-state index >= 15 is 0 Å². The summed E-state index contributed by atoms with van der Waals surface area (Å²) < 4.78 is 102. The van der Waals surface area contributed by atoms with E-state index in [0.29, 0.717) is 29.9 Å². The molecular weight excluding hydrogens is 653 g/mol. The quantitative estimate of drug-likeness (QED) is 0.215. The number of hydrogen-bond acceptors (Lipinski definition) is 6. The van der Waals surface area contributed by atoms with E-state index < -0.39 is 30.4 Å². The van der Waals surface area contributed by atoms with Crippen LogP contribution in [-0.4, -0.2) is 66.5 Å². The van der Waals surface area contributed by atoms with E-state index in [1.165, 1.54) is 30.5 Å². The third-order valence-electron chi connectivity index (χ3n) is 7.46. The molecule has 46 heavy (non-hydrogen) atoms. The van der Waals surface area contributed by atoms with Gasteiger partial charge in [0.2, 0.25) is 17.1 Å². The summed E-state index contributed by atoms with van der Waals surface area (Å²) in [4.78, 5) is -0.538. The second kappa shape index (κ2) is 12.8. The van der Waals surface area contributed by atoms with Gasteiger partial charge in [-0.1, -0.05) is 12.1 Å². The fourth-order valence-corrected chi connectivity index (χ4v) is 6.79. The number of hydrogen-bond donors (Lipinski definition) is 3. The van der Waals surface area contributed by atoms with Gasteiger partial charge in [0, 0.05) is 49.3 Å². The van der Waals surface area contributed by atoms with Gasteiger partial charge in [-0.25, -0.2) is 0 Å². The lowest BCUT2D eigenvalue weighted by Gasteiger charge is -2.15. The van der Waals surface area contributed by atoms with Crippen LogP contribution in [0.2, 0.25) is 0 Å². The Labute approximate surface area is 267 Å². The minimum absolute atomic E-state index is 0.0826. The molecule has 0 atom stereocenters. The molecular formula is C32H30N2O9S3+2. The molecule has 0 aromatic heterocycles. The zero-order chi connectivity index (χ0) is 33.3. The zero-order valence-electron chi connectivity index (χ0n) is 24.4. The maximum absolute atomic E-state index is 11.7. The summed E-state index contributed by atoms with van der Waals surface area (Å²) in [5, 5.41) is 0. The van der Waals surface area contributed by atoms with E-state index in [4.69, 9.17) is 0 Å². The highest BCUT2D eigenvalue weighted by atomic mass is 32.2. The first kappa shape index (κ1) is 33.1. The Balaban J connectivity index is 1.57. The molecule has 1 aliphatic heterocycles. The van der Waals surface area contributed by atoms with Crippen molar-refractivity contribution < 1.29 is 48.1 Å². The standard InChI is InChI=1S/C32H28N2O9S3/c1-2-34(28-15-19-30(20-16-28)45(38,39)40)27-13-7-24(8-14-27)32(25-9-17-29(18-10-25)44(35,36)37)23-5-11-26(12-6-23)33-21-3-4-31(22-33)46(41,42)43/h5-22H,2-4H2,1H3,(H-2,35,36,37,38,39,40,41,42,43)/p+2. The molecule has 0 unspecified atom stereocenters. The van der Waals surface area contributed by atoms with Crippen molar-refractivity contribution in [1.82, 2.24) is 0 Å². The highest BCUT2D eigenvalue weighted by molar-refractivity contribution is 7.89. The van der Waals surface area contributed by atoms with E-state index in [-0.39, 0.29) is 21.1 Å². The summed E-state index contributed by atoms with van der Waals surface area (Å²) in [6, 6.07) is 18.9. The van der Waals surface area contributed by atoms with Gasteiger partial charge in [-0.05, 0) is 77.7 Å². The normalized spacial score (nSPS) is 15.4. The molecule has 238 valence electrons. The predicted octanol–water partition coefficient (Wildman–Crippen LogP) is 5.15. The van der Waals surface area contributed by atoms with E-state index in [1.807, 2.05) is 54.2 Å². The van der Waals surface area contributed by atoms with E-state index in [9.17, 15) is 38.9 Å². The van der Waals surface area contributed by atoms with Crippen molar-refractivity contribution in [3.63, 3.8) is 0 Å². The molecule has 1 aliphatic carbocycles. The first-order valence-corrected chi connectivity index (χ1v) is 18.3. The first-order valence-electron chi connectivity index (χ1n) is 14.0. The lowest BCUT2D eigenvalue weighted by atomic mass is 9.90. The summed E-state index contributed by atoms with van der Waals surface area (Å²) >= 11 is 0. The highest BCUT2D eigenvalue weighted by Crippen LogP contribution is 2.32. The van der Waals surface area contributed by atoms with E-state index in [1.54, 1.807) is 41.0 Å². The molecule has 0 fully saturated rings. The monoisotopic (exact) mass is 682 g/mol. The summed E-state index contributed by atoms with van der Waals surface area (Å²) in [6.07, 6.45) is 11.4. The summed E-state index contributed by atoms with van der Waals surface area (Å²) in [5.41, 5.74) is 5.15. The Morgan fingerprint density at radius 1 is 0.696 bits per heavy atom. The third-order valence-corrected chi connectivity index (χ3v) is 10.2. The second-order valence-electron chi connectivity index (χ2n) is 10.4. The maximum Gasteiger partial charge on any atom is 0.296 e. The van der Waals surface area contributed by atoms with Crippen LogP contribution in [-0.2, 0) is 30.4 Å². The van der Waals surface area contributed by atoms with Crippen molar-refractivity contribution >= 4 is 59.2 Å². The van der Waals surface area contributed by atoms with Crippen LogP contribution in [0, 0.1) is 0 Å². The van der Waals surface area contributed by atoms with Gasteiger partial charge in [0.25, 0.3) is 30.4 Å². The van der Waals surface area contributed by atoms with Crippen molar-refractivity contribution in [3.05, 3.63) is 125 Å². The van der Waals surface area contributed by atoms with Crippen LogP contribution < -0.4 is 0 Å².